The van der Waals surface area contributed by atoms with Crippen LogP contribution in [0.2, 0.25) is 0 Å². The maximum absolute atomic E-state index is 4.51. The maximum atomic E-state index is 4.51. The summed E-state index contributed by atoms with van der Waals surface area (Å²) in [6.45, 7) is 9.11. The third-order valence-corrected chi connectivity index (χ3v) is 3.63. The third kappa shape index (κ3) is 5.40. The van der Waals surface area contributed by atoms with Crippen LogP contribution in [0.3, 0.4) is 0 Å². The Labute approximate surface area is 130 Å². The van der Waals surface area contributed by atoms with Gasteiger partial charge in [-0.3, -0.25) is 4.98 Å². The highest BCUT2D eigenvalue weighted by atomic mass is 32.1. The summed E-state index contributed by atoms with van der Waals surface area (Å²) in [7, 11) is 0. The molecule has 2 rings (SSSR count). The number of rotatable bonds is 7. The molecule has 0 aliphatic carbocycles. The molecule has 0 atom stereocenters. The smallest absolute Gasteiger partial charge is 0.202 e. The van der Waals surface area contributed by atoms with Gasteiger partial charge in [0.1, 0.15) is 5.82 Å². The summed E-state index contributed by atoms with van der Waals surface area (Å²) in [4.78, 5) is 8.61. The molecule has 0 bridgehead atoms. The molecule has 0 aromatic carbocycles. The van der Waals surface area contributed by atoms with Gasteiger partial charge in [-0.1, -0.05) is 26.8 Å². The normalized spacial score (nSPS) is 11.6. The van der Waals surface area contributed by atoms with Gasteiger partial charge < -0.3 is 10.6 Å². The Hall–Kier alpha value is -1.53. The van der Waals surface area contributed by atoms with Gasteiger partial charge in [0, 0.05) is 42.4 Å². The van der Waals surface area contributed by atoms with E-state index in [1.165, 1.54) is 17.1 Å². The zero-order valence-electron chi connectivity index (χ0n) is 12.9. The highest BCUT2D eigenvalue weighted by Gasteiger charge is 2.19. The molecule has 0 aliphatic rings. The van der Waals surface area contributed by atoms with Gasteiger partial charge in [0.25, 0.3) is 0 Å². The van der Waals surface area contributed by atoms with Crippen LogP contribution in [0, 0.1) is 0 Å². The fourth-order valence-electron chi connectivity index (χ4n) is 1.74. The van der Waals surface area contributed by atoms with E-state index >= 15 is 0 Å². The average Bonchev–Trinajstić information content (AvgIpc) is 2.93. The predicted octanol–water partition coefficient (Wildman–Crippen LogP) is 2.82. The number of hydrogen-bond acceptors (Lipinski definition) is 6. The van der Waals surface area contributed by atoms with Gasteiger partial charge >= 0.3 is 0 Å². The zero-order valence-corrected chi connectivity index (χ0v) is 13.7. The van der Waals surface area contributed by atoms with Crippen LogP contribution in [0.1, 0.15) is 38.6 Å². The summed E-state index contributed by atoms with van der Waals surface area (Å²) in [5.74, 6) is 0.907. The summed E-state index contributed by atoms with van der Waals surface area (Å²) in [6.07, 6.45) is 4.73. The molecule has 6 heteroatoms. The number of anilines is 1. The van der Waals surface area contributed by atoms with Crippen LogP contribution in [0.4, 0.5) is 5.13 Å². The van der Waals surface area contributed by atoms with Crippen LogP contribution < -0.4 is 10.6 Å². The van der Waals surface area contributed by atoms with Crippen LogP contribution >= 0.6 is 11.5 Å². The second-order valence-electron chi connectivity index (χ2n) is 5.99. The first-order chi connectivity index (χ1) is 10.1. The Balaban J connectivity index is 1.61. The first-order valence-electron chi connectivity index (χ1n) is 7.23. The van der Waals surface area contributed by atoms with Crippen molar-refractivity contribution in [3.63, 3.8) is 0 Å². The number of nitrogens with one attached hydrogen (secondary N) is 2. The van der Waals surface area contributed by atoms with Gasteiger partial charge in [-0.25, -0.2) is 4.98 Å². The molecule has 0 saturated heterocycles. The summed E-state index contributed by atoms with van der Waals surface area (Å²) in [5.41, 5.74) is 1.23. The lowest BCUT2D eigenvalue weighted by atomic mass is 9.96. The molecule has 0 aliphatic heterocycles. The predicted molar refractivity (Wildman–Crippen MR) is 87.7 cm³/mol. The molecule has 2 aromatic rings. The van der Waals surface area contributed by atoms with Crippen molar-refractivity contribution >= 4 is 16.7 Å². The van der Waals surface area contributed by atoms with E-state index in [1.807, 2.05) is 12.3 Å². The fourth-order valence-corrected chi connectivity index (χ4v) is 2.53. The molecule has 0 spiro atoms. The molecule has 0 radical (unpaired) electrons. The fraction of sp³-hybridized carbons (Fsp3) is 0.533. The monoisotopic (exact) mass is 305 g/mol. The number of pyridine rings is 1. The summed E-state index contributed by atoms with van der Waals surface area (Å²) >= 11 is 1.44. The molecule has 0 saturated carbocycles. The van der Waals surface area contributed by atoms with Crippen LogP contribution in [-0.4, -0.2) is 27.4 Å². The van der Waals surface area contributed by atoms with Crippen LogP contribution in [-0.2, 0) is 12.0 Å². The summed E-state index contributed by atoms with van der Waals surface area (Å²) < 4.78 is 4.39. The highest BCUT2D eigenvalue weighted by Crippen LogP contribution is 2.22. The first kappa shape index (κ1) is 15.9. The van der Waals surface area contributed by atoms with Crippen molar-refractivity contribution < 1.29 is 0 Å². The minimum absolute atomic E-state index is 0.0156. The van der Waals surface area contributed by atoms with Gasteiger partial charge in [0.05, 0.1) is 0 Å². The standard InChI is InChI=1S/C15H23N5S/c1-15(2,3)13-19-14(21-20-13)18-9-5-8-17-11-12-6-4-7-16-10-12/h4,6-7,10,17H,5,8-9,11H2,1-3H3,(H,18,19,20). The summed E-state index contributed by atoms with van der Waals surface area (Å²) in [5, 5.41) is 7.64. The Morgan fingerprint density at radius 3 is 2.76 bits per heavy atom. The molecule has 0 unspecified atom stereocenters. The van der Waals surface area contributed by atoms with Crippen molar-refractivity contribution in [1.82, 2.24) is 19.7 Å². The maximum Gasteiger partial charge on any atom is 0.202 e. The largest absolute Gasteiger partial charge is 0.360 e. The quantitative estimate of drug-likeness (QED) is 0.770. The van der Waals surface area contributed by atoms with Crippen molar-refractivity contribution in [2.45, 2.75) is 39.2 Å². The molecule has 2 heterocycles. The van der Waals surface area contributed by atoms with E-state index in [1.54, 1.807) is 6.20 Å². The average molecular weight is 305 g/mol. The number of hydrogen-bond donors (Lipinski definition) is 2. The topological polar surface area (TPSA) is 62.7 Å². The van der Waals surface area contributed by atoms with Crippen molar-refractivity contribution in [2.24, 2.45) is 0 Å². The Morgan fingerprint density at radius 2 is 2.10 bits per heavy atom. The number of aromatic nitrogens is 3. The Kier molecular flexibility index (Phi) is 5.64. The van der Waals surface area contributed by atoms with Crippen molar-refractivity contribution in [2.75, 3.05) is 18.4 Å². The van der Waals surface area contributed by atoms with E-state index in [9.17, 15) is 0 Å². The van der Waals surface area contributed by atoms with Crippen molar-refractivity contribution in [3.8, 4) is 0 Å². The third-order valence-electron chi connectivity index (χ3n) is 2.96. The molecule has 5 nitrogen and oxygen atoms in total. The van der Waals surface area contributed by atoms with E-state index < -0.39 is 0 Å². The lowest BCUT2D eigenvalue weighted by molar-refractivity contribution is 0.555. The molecule has 0 amide bonds. The first-order valence-corrected chi connectivity index (χ1v) is 8.01. The van der Waals surface area contributed by atoms with E-state index in [0.29, 0.717) is 0 Å². The van der Waals surface area contributed by atoms with Crippen molar-refractivity contribution in [3.05, 3.63) is 35.9 Å². The van der Waals surface area contributed by atoms with Crippen LogP contribution in [0.15, 0.2) is 24.5 Å². The van der Waals surface area contributed by atoms with Crippen molar-refractivity contribution in [1.29, 1.82) is 0 Å². The van der Waals surface area contributed by atoms with Gasteiger partial charge in [-0.2, -0.15) is 4.37 Å². The summed E-state index contributed by atoms with van der Waals surface area (Å²) in [6, 6.07) is 4.04. The molecular weight excluding hydrogens is 282 g/mol. The van der Waals surface area contributed by atoms with Gasteiger partial charge in [-0.05, 0) is 24.6 Å². The minimum atomic E-state index is 0.0156. The molecule has 0 fully saturated rings. The molecule has 21 heavy (non-hydrogen) atoms. The van der Waals surface area contributed by atoms with E-state index in [4.69, 9.17) is 0 Å². The lowest BCUT2D eigenvalue weighted by Gasteiger charge is -2.12. The van der Waals surface area contributed by atoms with E-state index in [0.717, 1.165) is 37.0 Å². The van der Waals surface area contributed by atoms with Gasteiger partial charge in [-0.15, -0.1) is 0 Å². The van der Waals surface area contributed by atoms with E-state index in [2.05, 4.69) is 51.8 Å². The van der Waals surface area contributed by atoms with Gasteiger partial charge in [0.2, 0.25) is 5.13 Å². The zero-order chi connectivity index (χ0) is 15.1. The Morgan fingerprint density at radius 1 is 1.24 bits per heavy atom. The molecule has 114 valence electrons. The highest BCUT2D eigenvalue weighted by molar-refractivity contribution is 7.09. The minimum Gasteiger partial charge on any atom is -0.360 e. The lowest BCUT2D eigenvalue weighted by Crippen LogP contribution is -2.18. The molecular formula is C15H23N5S. The second kappa shape index (κ2) is 7.47. The van der Waals surface area contributed by atoms with Gasteiger partial charge in [0.15, 0.2) is 0 Å². The molecule has 2 aromatic heterocycles. The second-order valence-corrected chi connectivity index (χ2v) is 6.74. The van der Waals surface area contributed by atoms with Crippen LogP contribution in [0.25, 0.3) is 0 Å². The SMILES string of the molecule is CC(C)(C)c1nsc(NCCCNCc2cccnc2)n1. The van der Waals surface area contributed by atoms with E-state index in [-0.39, 0.29) is 5.41 Å². The van der Waals surface area contributed by atoms with Crippen LogP contribution in [0.5, 0.6) is 0 Å². The molecule has 2 N–H and O–H groups in total. The number of nitrogens with zero attached hydrogens (tertiary/aromatic N) is 3. The Bertz CT molecular complexity index is 532.